The Bertz CT molecular complexity index is 392. The van der Waals surface area contributed by atoms with E-state index in [1.54, 1.807) is 6.26 Å². The van der Waals surface area contributed by atoms with Gasteiger partial charge in [0.1, 0.15) is 11.8 Å². The second-order valence-corrected chi connectivity index (χ2v) is 9.51. The third-order valence-corrected chi connectivity index (χ3v) is 8.64. The number of amides is 1. The van der Waals surface area contributed by atoms with Crippen molar-refractivity contribution in [1.82, 2.24) is 5.32 Å². The maximum Gasteiger partial charge on any atom is 0.251 e. The predicted molar refractivity (Wildman–Crippen MR) is 71.7 cm³/mol. The summed E-state index contributed by atoms with van der Waals surface area (Å²) in [5.41, 5.74) is 0. The number of rotatable bonds is 6. The van der Waals surface area contributed by atoms with Crippen LogP contribution in [-0.4, -0.2) is 20.3 Å². The van der Waals surface area contributed by atoms with Crippen LogP contribution < -0.4 is 5.32 Å². The molecule has 1 amide bonds. The molecule has 1 N–H and O–H groups in total. The summed E-state index contributed by atoms with van der Waals surface area (Å²) in [6.45, 7) is 6.49. The first kappa shape index (κ1) is 13.4. The number of hydrogen-bond acceptors (Lipinski definition) is 3. The molecule has 1 fully saturated rings. The summed E-state index contributed by atoms with van der Waals surface area (Å²) in [6, 6.07) is 6.76. The van der Waals surface area contributed by atoms with Crippen molar-refractivity contribution >= 4 is 14.2 Å². The fourth-order valence-corrected chi connectivity index (χ4v) is 5.23. The van der Waals surface area contributed by atoms with Crippen molar-refractivity contribution in [3.05, 3.63) is 24.2 Å². The standard InChI is InChI=1S/C13H21NO3Si/c1-4-18(5-2,6-3)17-12-11(14-13(12)15)10-8-7-9-16-10/h7-9,11-12H,4-6H2,1-3H3,(H,14,15)/t11-,12+/m0/s1. The highest BCUT2D eigenvalue weighted by atomic mass is 28.4. The minimum Gasteiger partial charge on any atom is -0.467 e. The van der Waals surface area contributed by atoms with E-state index in [0.29, 0.717) is 0 Å². The first-order valence-corrected chi connectivity index (χ1v) is 9.20. The lowest BCUT2D eigenvalue weighted by Gasteiger charge is -2.41. The molecule has 0 saturated carbocycles. The molecule has 5 heteroatoms. The van der Waals surface area contributed by atoms with Gasteiger partial charge in [-0.3, -0.25) is 4.79 Å². The van der Waals surface area contributed by atoms with E-state index in [1.807, 2.05) is 12.1 Å². The number of β-lactam (4-membered cyclic amide) rings is 1. The first-order valence-electron chi connectivity index (χ1n) is 6.67. The monoisotopic (exact) mass is 267 g/mol. The zero-order valence-electron chi connectivity index (χ0n) is 11.2. The van der Waals surface area contributed by atoms with Crippen LogP contribution in [0.3, 0.4) is 0 Å². The van der Waals surface area contributed by atoms with Crippen LogP contribution in [-0.2, 0) is 9.22 Å². The molecule has 2 heterocycles. The van der Waals surface area contributed by atoms with Crippen LogP contribution in [0.5, 0.6) is 0 Å². The van der Waals surface area contributed by atoms with Gasteiger partial charge in [-0.2, -0.15) is 0 Å². The number of carbonyl (C=O) groups is 1. The van der Waals surface area contributed by atoms with E-state index in [4.69, 9.17) is 8.84 Å². The summed E-state index contributed by atoms with van der Waals surface area (Å²) in [6.07, 6.45) is 1.27. The summed E-state index contributed by atoms with van der Waals surface area (Å²) in [5.74, 6) is 0.773. The molecule has 2 atom stereocenters. The van der Waals surface area contributed by atoms with Crippen molar-refractivity contribution < 1.29 is 13.6 Å². The average molecular weight is 267 g/mol. The molecule has 0 unspecified atom stereocenters. The molecule has 1 saturated heterocycles. The Labute approximate surface area is 109 Å². The molecule has 2 rings (SSSR count). The van der Waals surface area contributed by atoms with Crippen LogP contribution in [0.1, 0.15) is 32.6 Å². The molecule has 4 nitrogen and oxygen atoms in total. The van der Waals surface area contributed by atoms with Crippen LogP contribution >= 0.6 is 0 Å². The predicted octanol–water partition coefficient (Wildman–Crippen LogP) is 2.84. The van der Waals surface area contributed by atoms with Crippen LogP contribution in [0.4, 0.5) is 0 Å². The normalized spacial score (nSPS) is 23.6. The van der Waals surface area contributed by atoms with Gasteiger partial charge in [-0.25, -0.2) is 0 Å². The molecule has 1 aromatic rings. The van der Waals surface area contributed by atoms with E-state index in [1.165, 1.54) is 0 Å². The van der Waals surface area contributed by atoms with Gasteiger partial charge in [0.2, 0.25) is 0 Å². The Morgan fingerprint density at radius 3 is 2.44 bits per heavy atom. The zero-order valence-corrected chi connectivity index (χ0v) is 12.2. The number of carbonyl (C=O) groups excluding carboxylic acids is 1. The molecule has 0 aromatic carbocycles. The highest BCUT2D eigenvalue weighted by Gasteiger charge is 2.47. The lowest BCUT2D eigenvalue weighted by atomic mass is 10.0. The van der Waals surface area contributed by atoms with E-state index < -0.39 is 8.32 Å². The smallest absolute Gasteiger partial charge is 0.251 e. The van der Waals surface area contributed by atoms with Crippen molar-refractivity contribution in [3.8, 4) is 0 Å². The van der Waals surface area contributed by atoms with Crippen LogP contribution in [0, 0.1) is 0 Å². The van der Waals surface area contributed by atoms with E-state index >= 15 is 0 Å². The maximum absolute atomic E-state index is 11.7. The molecule has 18 heavy (non-hydrogen) atoms. The molecule has 1 aliphatic rings. The number of furan rings is 1. The molecule has 1 aliphatic heterocycles. The Hall–Kier alpha value is -1.07. The quantitative estimate of drug-likeness (QED) is 0.637. The Kier molecular flexibility index (Phi) is 3.92. The summed E-state index contributed by atoms with van der Waals surface area (Å²) >= 11 is 0. The summed E-state index contributed by atoms with van der Waals surface area (Å²) in [5, 5.41) is 2.85. The van der Waals surface area contributed by atoms with E-state index in [9.17, 15) is 4.79 Å². The fraction of sp³-hybridized carbons (Fsp3) is 0.615. The van der Waals surface area contributed by atoms with Crippen molar-refractivity contribution in [2.24, 2.45) is 0 Å². The van der Waals surface area contributed by atoms with Crippen molar-refractivity contribution in [3.63, 3.8) is 0 Å². The highest BCUT2D eigenvalue weighted by molar-refractivity contribution is 6.73. The Morgan fingerprint density at radius 1 is 1.33 bits per heavy atom. The van der Waals surface area contributed by atoms with Crippen molar-refractivity contribution in [2.75, 3.05) is 0 Å². The van der Waals surface area contributed by atoms with Gasteiger partial charge < -0.3 is 14.2 Å². The molecule has 1 aromatic heterocycles. The molecular formula is C13H21NO3Si. The van der Waals surface area contributed by atoms with E-state index in [-0.39, 0.29) is 18.1 Å². The molecule has 0 spiro atoms. The van der Waals surface area contributed by atoms with Crippen LogP contribution in [0.25, 0.3) is 0 Å². The van der Waals surface area contributed by atoms with Gasteiger partial charge in [-0.15, -0.1) is 0 Å². The van der Waals surface area contributed by atoms with E-state index in [0.717, 1.165) is 23.9 Å². The zero-order chi connectivity index (χ0) is 13.2. The maximum atomic E-state index is 11.7. The van der Waals surface area contributed by atoms with Crippen molar-refractivity contribution in [1.29, 1.82) is 0 Å². The largest absolute Gasteiger partial charge is 0.467 e. The molecule has 0 aliphatic carbocycles. The summed E-state index contributed by atoms with van der Waals surface area (Å²) in [7, 11) is -1.75. The van der Waals surface area contributed by atoms with Crippen molar-refractivity contribution in [2.45, 2.75) is 51.0 Å². The topological polar surface area (TPSA) is 51.5 Å². The van der Waals surface area contributed by atoms with Gasteiger partial charge in [-0.05, 0) is 30.3 Å². The van der Waals surface area contributed by atoms with Crippen LogP contribution in [0.2, 0.25) is 18.1 Å². The summed E-state index contributed by atoms with van der Waals surface area (Å²) < 4.78 is 11.6. The third kappa shape index (κ3) is 2.24. The second-order valence-electron chi connectivity index (χ2n) is 4.78. The van der Waals surface area contributed by atoms with Gasteiger partial charge in [0, 0.05) is 0 Å². The number of hydrogen-bond donors (Lipinski definition) is 1. The Morgan fingerprint density at radius 2 is 2.00 bits per heavy atom. The first-order chi connectivity index (χ1) is 8.65. The van der Waals surface area contributed by atoms with Gasteiger partial charge >= 0.3 is 0 Å². The molecule has 100 valence electrons. The third-order valence-electron chi connectivity index (χ3n) is 4.02. The van der Waals surface area contributed by atoms with Crippen LogP contribution in [0.15, 0.2) is 22.8 Å². The molecule has 0 radical (unpaired) electrons. The fourth-order valence-electron chi connectivity index (χ4n) is 2.45. The molecule has 0 bridgehead atoms. The highest BCUT2D eigenvalue weighted by Crippen LogP contribution is 2.33. The van der Waals surface area contributed by atoms with Gasteiger partial charge in [0.05, 0.1) is 6.26 Å². The van der Waals surface area contributed by atoms with Gasteiger partial charge in [0.15, 0.2) is 14.4 Å². The van der Waals surface area contributed by atoms with Gasteiger partial charge in [0.25, 0.3) is 5.91 Å². The summed E-state index contributed by atoms with van der Waals surface area (Å²) in [4.78, 5) is 11.7. The average Bonchev–Trinajstić information content (AvgIpc) is 2.91. The Balaban J connectivity index is 2.09. The lowest BCUT2D eigenvalue weighted by Crippen LogP contribution is -2.60. The minimum absolute atomic E-state index is 0.0105. The van der Waals surface area contributed by atoms with E-state index in [2.05, 4.69) is 26.1 Å². The minimum atomic E-state index is -1.75. The molecular weight excluding hydrogens is 246 g/mol. The van der Waals surface area contributed by atoms with Gasteiger partial charge in [-0.1, -0.05) is 20.8 Å². The lowest BCUT2D eigenvalue weighted by molar-refractivity contribution is -0.142. The SMILES string of the molecule is CC[Si](CC)(CC)O[C@H]1C(=O)N[C@H]1c1ccco1. The number of nitrogens with one attached hydrogen (secondary N) is 1. The second kappa shape index (κ2) is 5.28.